The molecule has 3 aromatic rings. The molecule has 1 aromatic carbocycles. The molecule has 3 N–H and O–H groups in total. The molecule has 1 atom stereocenters. The predicted molar refractivity (Wildman–Crippen MR) is 108 cm³/mol. The van der Waals surface area contributed by atoms with Crippen LogP contribution < -0.4 is 5.32 Å². The Balaban J connectivity index is 1.92. The molecule has 0 bridgehead atoms. The molecule has 1 unspecified atom stereocenters. The Morgan fingerprint density at radius 1 is 1.10 bits per heavy atom. The number of ether oxygens (including phenoxy) is 1. The van der Waals surface area contributed by atoms with E-state index in [4.69, 9.17) is 4.74 Å². The second kappa shape index (κ2) is 8.30. The third kappa shape index (κ3) is 4.37. The quantitative estimate of drug-likeness (QED) is 0.555. The molecule has 0 aliphatic heterocycles. The lowest BCUT2D eigenvalue weighted by atomic mass is 10.1. The number of carbonyl (C=O) groups excluding carboxylic acids is 2. The summed E-state index contributed by atoms with van der Waals surface area (Å²) in [5.74, 6) is 0.309. The number of benzene rings is 1. The van der Waals surface area contributed by atoms with E-state index < -0.39 is 12.0 Å². The highest BCUT2D eigenvalue weighted by atomic mass is 16.5. The van der Waals surface area contributed by atoms with Crippen molar-refractivity contribution < 1.29 is 14.3 Å². The summed E-state index contributed by atoms with van der Waals surface area (Å²) in [5, 5.41) is 9.99. The van der Waals surface area contributed by atoms with Crippen LogP contribution in [0.5, 0.6) is 0 Å². The molecule has 0 spiro atoms. The second-order valence-corrected chi connectivity index (χ2v) is 7.18. The average Bonchev–Trinajstić information content (AvgIpc) is 3.22. The van der Waals surface area contributed by atoms with Gasteiger partial charge in [0.05, 0.1) is 11.7 Å². The molecule has 0 saturated carbocycles. The van der Waals surface area contributed by atoms with Crippen molar-refractivity contribution in [3.8, 4) is 0 Å². The van der Waals surface area contributed by atoms with Crippen molar-refractivity contribution in [1.29, 1.82) is 0 Å². The van der Waals surface area contributed by atoms with Gasteiger partial charge < -0.3 is 15.0 Å². The summed E-state index contributed by atoms with van der Waals surface area (Å²) in [6.07, 6.45) is -0.245. The number of aryl methyl sites for hydroxylation is 2. The fourth-order valence-corrected chi connectivity index (χ4v) is 3.19. The minimum absolute atomic E-state index is 0.245. The van der Waals surface area contributed by atoms with Crippen LogP contribution in [-0.2, 0) is 4.74 Å². The van der Waals surface area contributed by atoms with Gasteiger partial charge in [0.1, 0.15) is 17.6 Å². The van der Waals surface area contributed by atoms with Gasteiger partial charge in [-0.3, -0.25) is 9.89 Å². The maximum absolute atomic E-state index is 13.1. The molecular weight excluding hydrogens is 370 g/mol. The SMILES string of the molecule is Cc1nc(C(NC(=O)c2[nH]c(C)c(C(=O)OC(C)C)c2C)c2ccccc2)n[nH]1. The molecule has 0 radical (unpaired) electrons. The Labute approximate surface area is 169 Å². The third-order valence-corrected chi connectivity index (χ3v) is 4.49. The molecule has 1 amide bonds. The van der Waals surface area contributed by atoms with Crippen LogP contribution in [0.3, 0.4) is 0 Å². The number of aromatic amines is 2. The zero-order valence-electron chi connectivity index (χ0n) is 17.2. The summed E-state index contributed by atoms with van der Waals surface area (Å²) >= 11 is 0. The lowest BCUT2D eigenvalue weighted by Crippen LogP contribution is -2.31. The zero-order chi connectivity index (χ0) is 21.1. The van der Waals surface area contributed by atoms with Crippen molar-refractivity contribution in [3.05, 3.63) is 70.1 Å². The molecule has 8 heteroatoms. The van der Waals surface area contributed by atoms with E-state index in [0.717, 1.165) is 5.56 Å². The minimum atomic E-state index is -0.539. The Kier molecular flexibility index (Phi) is 5.81. The molecule has 8 nitrogen and oxygen atoms in total. The van der Waals surface area contributed by atoms with Gasteiger partial charge in [0, 0.05) is 5.69 Å². The largest absolute Gasteiger partial charge is 0.459 e. The number of hydrogen-bond acceptors (Lipinski definition) is 5. The number of hydrogen-bond donors (Lipinski definition) is 3. The van der Waals surface area contributed by atoms with E-state index in [0.29, 0.717) is 34.2 Å². The number of aromatic nitrogens is 4. The summed E-state index contributed by atoms with van der Waals surface area (Å²) in [6, 6.07) is 8.93. The summed E-state index contributed by atoms with van der Waals surface area (Å²) in [4.78, 5) is 32.9. The van der Waals surface area contributed by atoms with Gasteiger partial charge in [0.2, 0.25) is 0 Å². The lowest BCUT2D eigenvalue weighted by Gasteiger charge is -2.16. The van der Waals surface area contributed by atoms with Crippen LogP contribution in [-0.4, -0.2) is 38.1 Å². The zero-order valence-corrected chi connectivity index (χ0v) is 17.2. The molecule has 0 aliphatic rings. The fourth-order valence-electron chi connectivity index (χ4n) is 3.19. The van der Waals surface area contributed by atoms with Gasteiger partial charge in [-0.2, -0.15) is 5.10 Å². The van der Waals surface area contributed by atoms with E-state index in [1.807, 2.05) is 30.3 Å². The van der Waals surface area contributed by atoms with Gasteiger partial charge in [0.25, 0.3) is 5.91 Å². The van der Waals surface area contributed by atoms with E-state index >= 15 is 0 Å². The molecule has 152 valence electrons. The van der Waals surface area contributed by atoms with Crippen molar-refractivity contribution in [2.75, 3.05) is 0 Å². The highest BCUT2D eigenvalue weighted by molar-refractivity contribution is 6.00. The molecule has 29 heavy (non-hydrogen) atoms. The number of H-pyrrole nitrogens is 2. The van der Waals surface area contributed by atoms with Crippen LogP contribution in [0.25, 0.3) is 0 Å². The first kappa shape index (κ1) is 20.3. The maximum Gasteiger partial charge on any atom is 0.340 e. The number of amides is 1. The van der Waals surface area contributed by atoms with Crippen molar-refractivity contribution in [3.63, 3.8) is 0 Å². The summed E-state index contributed by atoms with van der Waals surface area (Å²) < 4.78 is 5.30. The Morgan fingerprint density at radius 2 is 1.79 bits per heavy atom. The topological polar surface area (TPSA) is 113 Å². The summed E-state index contributed by atoms with van der Waals surface area (Å²) in [7, 11) is 0. The molecule has 2 heterocycles. The Morgan fingerprint density at radius 3 is 2.38 bits per heavy atom. The maximum atomic E-state index is 13.1. The molecular formula is C21H25N5O3. The van der Waals surface area contributed by atoms with Gasteiger partial charge in [-0.25, -0.2) is 9.78 Å². The number of nitrogens with one attached hydrogen (secondary N) is 3. The van der Waals surface area contributed by atoms with E-state index in [2.05, 4.69) is 25.5 Å². The molecule has 3 rings (SSSR count). The standard InChI is InChI=1S/C21H25N5O3/c1-11(2)29-21(28)16-12(3)17(22-13(16)4)20(27)24-18(15-9-7-6-8-10-15)19-23-14(5)25-26-19/h6-11,18,22H,1-5H3,(H,24,27)(H,23,25,26). The molecule has 0 saturated heterocycles. The highest BCUT2D eigenvalue weighted by Gasteiger charge is 2.27. The summed E-state index contributed by atoms with van der Waals surface area (Å²) in [6.45, 7) is 8.83. The van der Waals surface area contributed by atoms with Crippen molar-refractivity contribution in [2.24, 2.45) is 0 Å². The first-order valence-electron chi connectivity index (χ1n) is 9.42. The van der Waals surface area contributed by atoms with Gasteiger partial charge in [-0.05, 0) is 45.7 Å². The van der Waals surface area contributed by atoms with Crippen LogP contribution in [0.2, 0.25) is 0 Å². The van der Waals surface area contributed by atoms with Crippen molar-refractivity contribution in [1.82, 2.24) is 25.5 Å². The van der Waals surface area contributed by atoms with Crippen LogP contribution in [0.15, 0.2) is 30.3 Å². The van der Waals surface area contributed by atoms with Crippen LogP contribution in [0.1, 0.15) is 69.2 Å². The highest BCUT2D eigenvalue weighted by Crippen LogP contribution is 2.23. The Bertz CT molecular complexity index is 1020. The normalized spacial score (nSPS) is 12.1. The van der Waals surface area contributed by atoms with Crippen molar-refractivity contribution >= 4 is 11.9 Å². The van der Waals surface area contributed by atoms with Gasteiger partial charge in [-0.1, -0.05) is 30.3 Å². The first-order chi connectivity index (χ1) is 13.8. The molecule has 0 fully saturated rings. The number of esters is 1. The van der Waals surface area contributed by atoms with E-state index in [1.54, 1.807) is 34.6 Å². The van der Waals surface area contributed by atoms with Gasteiger partial charge in [-0.15, -0.1) is 0 Å². The van der Waals surface area contributed by atoms with E-state index in [-0.39, 0.29) is 12.0 Å². The number of carbonyl (C=O) groups is 2. The van der Waals surface area contributed by atoms with E-state index in [9.17, 15) is 9.59 Å². The minimum Gasteiger partial charge on any atom is -0.459 e. The smallest absolute Gasteiger partial charge is 0.340 e. The fraction of sp³-hybridized carbons (Fsp3) is 0.333. The summed E-state index contributed by atoms with van der Waals surface area (Å²) in [5.41, 5.74) is 2.67. The number of rotatable bonds is 6. The number of nitrogens with zero attached hydrogens (tertiary/aromatic N) is 2. The van der Waals surface area contributed by atoms with Crippen LogP contribution in [0.4, 0.5) is 0 Å². The van der Waals surface area contributed by atoms with Crippen LogP contribution >= 0.6 is 0 Å². The molecule has 0 aliphatic carbocycles. The van der Waals surface area contributed by atoms with Crippen LogP contribution in [0, 0.1) is 20.8 Å². The van der Waals surface area contributed by atoms with Gasteiger partial charge in [0.15, 0.2) is 5.82 Å². The molecule has 2 aromatic heterocycles. The second-order valence-electron chi connectivity index (χ2n) is 7.18. The van der Waals surface area contributed by atoms with Gasteiger partial charge >= 0.3 is 5.97 Å². The average molecular weight is 395 g/mol. The predicted octanol–water partition coefficient (Wildman–Crippen LogP) is 3.14. The monoisotopic (exact) mass is 395 g/mol. The lowest BCUT2D eigenvalue weighted by molar-refractivity contribution is 0.0376. The first-order valence-corrected chi connectivity index (χ1v) is 9.42. The third-order valence-electron chi connectivity index (χ3n) is 4.49. The Hall–Kier alpha value is -3.42. The van der Waals surface area contributed by atoms with Crippen molar-refractivity contribution in [2.45, 2.75) is 46.8 Å². The van der Waals surface area contributed by atoms with E-state index in [1.165, 1.54) is 0 Å².